The number of benzene rings is 1. The lowest BCUT2D eigenvalue weighted by Gasteiger charge is -2.22. The molecule has 0 aliphatic rings. The average Bonchev–Trinajstić information content (AvgIpc) is 3.19. The third kappa shape index (κ3) is 5.70. The van der Waals surface area contributed by atoms with E-state index >= 15 is 0 Å². The lowest BCUT2D eigenvalue weighted by atomic mass is 10.0. The number of pyridine rings is 1. The third-order valence-corrected chi connectivity index (χ3v) is 5.66. The van der Waals surface area contributed by atoms with Crippen LogP contribution in [-0.4, -0.2) is 37.3 Å². The Morgan fingerprint density at radius 2 is 1.94 bits per heavy atom. The van der Waals surface area contributed by atoms with E-state index < -0.39 is 17.8 Å². The highest BCUT2D eigenvalue weighted by Crippen LogP contribution is 2.26. The molecule has 32 heavy (non-hydrogen) atoms. The first-order valence-electron chi connectivity index (χ1n) is 10.2. The second kappa shape index (κ2) is 10.9. The monoisotopic (exact) mass is 456 g/mol. The molecule has 0 saturated heterocycles. The Hall–Kier alpha value is -3.27. The standard InChI is InChI=1S/C22H25FN6O2S/c1-4-29-20(19(14(2)3)26-21(31)16-9-5-6-10-17(16)23)27-28-22(29)32-13-18(30)25-15-8-7-11-24-12-15/h5-12,14,19H,4,13H2,1-3H3,(H,25,30)(H,26,31). The van der Waals surface area contributed by atoms with E-state index in [9.17, 15) is 14.0 Å². The number of anilines is 1. The van der Waals surface area contributed by atoms with Crippen LogP contribution in [0.15, 0.2) is 53.9 Å². The van der Waals surface area contributed by atoms with Gasteiger partial charge >= 0.3 is 0 Å². The van der Waals surface area contributed by atoms with Crippen molar-refractivity contribution in [2.24, 2.45) is 5.92 Å². The Kier molecular flexibility index (Phi) is 7.93. The fraction of sp³-hybridized carbons (Fsp3) is 0.318. The largest absolute Gasteiger partial charge is 0.342 e. The zero-order chi connectivity index (χ0) is 23.1. The number of thioether (sulfide) groups is 1. The summed E-state index contributed by atoms with van der Waals surface area (Å²) in [6.07, 6.45) is 3.20. The SMILES string of the molecule is CCn1c(SCC(=O)Nc2cccnc2)nnc1C(NC(=O)c1ccccc1F)C(C)C. The van der Waals surface area contributed by atoms with Crippen LogP contribution in [0.2, 0.25) is 0 Å². The van der Waals surface area contributed by atoms with E-state index in [2.05, 4.69) is 25.8 Å². The van der Waals surface area contributed by atoms with Crippen molar-refractivity contribution in [2.75, 3.05) is 11.1 Å². The number of carbonyl (C=O) groups excluding carboxylic acids is 2. The first-order chi connectivity index (χ1) is 15.4. The van der Waals surface area contributed by atoms with Crippen LogP contribution in [-0.2, 0) is 11.3 Å². The lowest BCUT2D eigenvalue weighted by Crippen LogP contribution is -2.34. The molecule has 168 valence electrons. The smallest absolute Gasteiger partial charge is 0.254 e. The van der Waals surface area contributed by atoms with E-state index in [1.54, 1.807) is 30.6 Å². The van der Waals surface area contributed by atoms with Crippen LogP contribution in [0.4, 0.5) is 10.1 Å². The molecule has 8 nitrogen and oxygen atoms in total. The molecule has 1 atom stereocenters. The van der Waals surface area contributed by atoms with Gasteiger partial charge in [0.1, 0.15) is 5.82 Å². The molecule has 0 spiro atoms. The quantitative estimate of drug-likeness (QED) is 0.476. The van der Waals surface area contributed by atoms with E-state index in [4.69, 9.17) is 0 Å². The Morgan fingerprint density at radius 3 is 2.59 bits per heavy atom. The summed E-state index contributed by atoms with van der Waals surface area (Å²) in [5.41, 5.74) is 0.592. The molecular weight excluding hydrogens is 431 g/mol. The van der Waals surface area contributed by atoms with Crippen LogP contribution < -0.4 is 10.6 Å². The van der Waals surface area contributed by atoms with Crippen molar-refractivity contribution in [2.45, 2.75) is 38.5 Å². The fourth-order valence-corrected chi connectivity index (χ4v) is 3.90. The number of carbonyl (C=O) groups is 2. The fourth-order valence-electron chi connectivity index (χ4n) is 3.09. The maximum Gasteiger partial charge on any atom is 0.254 e. The summed E-state index contributed by atoms with van der Waals surface area (Å²) < 4.78 is 15.9. The van der Waals surface area contributed by atoms with Crippen molar-refractivity contribution in [1.29, 1.82) is 0 Å². The normalized spacial score (nSPS) is 11.9. The van der Waals surface area contributed by atoms with Gasteiger partial charge in [-0.05, 0) is 37.1 Å². The van der Waals surface area contributed by atoms with Crippen molar-refractivity contribution < 1.29 is 14.0 Å². The number of aromatic nitrogens is 4. The first kappa shape index (κ1) is 23.4. The lowest BCUT2D eigenvalue weighted by molar-refractivity contribution is -0.113. The summed E-state index contributed by atoms with van der Waals surface area (Å²) in [7, 11) is 0. The second-order valence-corrected chi connectivity index (χ2v) is 8.28. The number of nitrogens with one attached hydrogen (secondary N) is 2. The molecule has 1 unspecified atom stereocenters. The molecular formula is C22H25FN6O2S. The topological polar surface area (TPSA) is 102 Å². The van der Waals surface area contributed by atoms with E-state index in [-0.39, 0.29) is 23.1 Å². The van der Waals surface area contributed by atoms with Crippen molar-refractivity contribution in [3.05, 3.63) is 66.0 Å². The van der Waals surface area contributed by atoms with Gasteiger partial charge in [0.15, 0.2) is 11.0 Å². The highest BCUT2D eigenvalue weighted by molar-refractivity contribution is 7.99. The van der Waals surface area contributed by atoms with Crippen molar-refractivity contribution in [1.82, 2.24) is 25.1 Å². The van der Waals surface area contributed by atoms with Gasteiger partial charge < -0.3 is 15.2 Å². The highest BCUT2D eigenvalue weighted by atomic mass is 32.2. The Morgan fingerprint density at radius 1 is 1.16 bits per heavy atom. The number of halogens is 1. The number of hydrogen-bond acceptors (Lipinski definition) is 6. The van der Waals surface area contributed by atoms with E-state index in [1.807, 2.05) is 25.3 Å². The summed E-state index contributed by atoms with van der Waals surface area (Å²) >= 11 is 1.25. The van der Waals surface area contributed by atoms with Crippen molar-refractivity contribution >= 4 is 29.3 Å². The van der Waals surface area contributed by atoms with E-state index in [1.165, 1.54) is 30.0 Å². The van der Waals surface area contributed by atoms with Crippen LogP contribution in [0.25, 0.3) is 0 Å². The minimum Gasteiger partial charge on any atom is -0.342 e. The Bertz CT molecular complexity index is 1070. The number of rotatable bonds is 9. The minimum atomic E-state index is -0.583. The van der Waals surface area contributed by atoms with Crippen molar-refractivity contribution in [3.8, 4) is 0 Å². The van der Waals surface area contributed by atoms with Gasteiger partial charge in [0.2, 0.25) is 5.91 Å². The number of nitrogens with zero attached hydrogens (tertiary/aromatic N) is 4. The van der Waals surface area contributed by atoms with E-state index in [0.717, 1.165) is 0 Å². The molecule has 0 bridgehead atoms. The maximum atomic E-state index is 14.0. The second-order valence-electron chi connectivity index (χ2n) is 7.34. The molecule has 0 aliphatic carbocycles. The molecule has 2 amide bonds. The maximum absolute atomic E-state index is 14.0. The summed E-state index contributed by atoms with van der Waals surface area (Å²) in [6.45, 7) is 6.36. The van der Waals surface area contributed by atoms with E-state index in [0.29, 0.717) is 23.2 Å². The zero-order valence-electron chi connectivity index (χ0n) is 18.1. The summed E-state index contributed by atoms with van der Waals surface area (Å²) in [5.74, 6) is -0.614. The van der Waals surface area contributed by atoms with Crippen LogP contribution in [0, 0.1) is 11.7 Å². The molecule has 10 heteroatoms. The molecule has 0 aliphatic heterocycles. The van der Waals surface area contributed by atoms with Gasteiger partial charge in [0.25, 0.3) is 5.91 Å². The average molecular weight is 457 g/mol. The van der Waals surface area contributed by atoms with Gasteiger partial charge in [-0.25, -0.2) is 4.39 Å². The van der Waals surface area contributed by atoms with Gasteiger partial charge in [-0.15, -0.1) is 10.2 Å². The molecule has 0 fully saturated rings. The van der Waals surface area contributed by atoms with Crippen LogP contribution in [0.1, 0.15) is 43.0 Å². The van der Waals surface area contributed by atoms with Crippen LogP contribution in [0.3, 0.4) is 0 Å². The third-order valence-electron chi connectivity index (χ3n) is 4.69. The van der Waals surface area contributed by atoms with Crippen LogP contribution >= 0.6 is 11.8 Å². The summed E-state index contributed by atoms with van der Waals surface area (Å²) in [5, 5.41) is 14.7. The van der Waals surface area contributed by atoms with Gasteiger partial charge in [-0.1, -0.05) is 37.7 Å². The number of hydrogen-bond donors (Lipinski definition) is 2. The Labute approximate surface area is 190 Å². The molecule has 2 aromatic heterocycles. The molecule has 2 N–H and O–H groups in total. The van der Waals surface area contributed by atoms with Gasteiger partial charge in [0, 0.05) is 12.7 Å². The molecule has 0 radical (unpaired) electrons. The first-order valence-corrected chi connectivity index (χ1v) is 11.2. The molecule has 1 aromatic carbocycles. The highest BCUT2D eigenvalue weighted by Gasteiger charge is 2.27. The molecule has 3 aromatic rings. The predicted molar refractivity (Wildman–Crippen MR) is 121 cm³/mol. The number of amides is 2. The van der Waals surface area contributed by atoms with Crippen LogP contribution in [0.5, 0.6) is 0 Å². The van der Waals surface area contributed by atoms with Gasteiger partial charge in [-0.3, -0.25) is 14.6 Å². The van der Waals surface area contributed by atoms with Gasteiger partial charge in [0.05, 0.1) is 29.2 Å². The van der Waals surface area contributed by atoms with Gasteiger partial charge in [-0.2, -0.15) is 0 Å². The summed E-state index contributed by atoms with van der Waals surface area (Å²) in [4.78, 5) is 28.9. The summed E-state index contributed by atoms with van der Waals surface area (Å²) in [6, 6.07) is 8.86. The Balaban J connectivity index is 1.73. The molecule has 3 rings (SSSR count). The minimum absolute atomic E-state index is 0.0213. The predicted octanol–water partition coefficient (Wildman–Crippen LogP) is 3.69. The molecule has 2 heterocycles. The zero-order valence-corrected chi connectivity index (χ0v) is 18.9. The van der Waals surface area contributed by atoms with Crippen molar-refractivity contribution in [3.63, 3.8) is 0 Å². The molecule has 0 saturated carbocycles.